The Hall–Kier alpha value is -0.670. The quantitative estimate of drug-likeness (QED) is 0.201. The highest BCUT2D eigenvalue weighted by Crippen LogP contribution is 2.35. The van der Waals surface area contributed by atoms with Crippen LogP contribution in [-0.4, -0.2) is 55.1 Å². The lowest BCUT2D eigenvalue weighted by Crippen LogP contribution is -2.42. The third kappa shape index (κ3) is 5.42. The Morgan fingerprint density at radius 2 is 1.88 bits per heavy atom. The van der Waals surface area contributed by atoms with Gasteiger partial charge in [0.05, 0.1) is 12.3 Å². The summed E-state index contributed by atoms with van der Waals surface area (Å²) in [5, 5.41) is 35.9. The van der Waals surface area contributed by atoms with E-state index >= 15 is 0 Å². The van der Waals surface area contributed by atoms with E-state index in [4.69, 9.17) is 25.7 Å². The van der Waals surface area contributed by atoms with Gasteiger partial charge in [-0.1, -0.05) is 0 Å². The molecule has 0 aromatic carbocycles. The minimum Gasteiger partial charge on any atom is -0.514 e. The predicted octanol–water partition coefficient (Wildman–Crippen LogP) is -2.46. The molecular weight excluding hydrogens is 245 g/mol. The van der Waals surface area contributed by atoms with E-state index in [0.29, 0.717) is 6.26 Å². The summed E-state index contributed by atoms with van der Waals surface area (Å²) in [5.41, 5.74) is 4.52. The Morgan fingerprint density at radius 3 is 2.25 bits per heavy atom. The highest BCUT2D eigenvalue weighted by atomic mass is 31.2. The summed E-state index contributed by atoms with van der Waals surface area (Å²) in [6.45, 7) is -0.902. The van der Waals surface area contributed by atoms with Crippen LogP contribution >= 0.6 is 7.82 Å². The summed E-state index contributed by atoms with van der Waals surface area (Å²) in [6, 6.07) is 0. The lowest BCUT2D eigenvalue weighted by Gasteiger charge is -2.22. The molecule has 3 atom stereocenters. The molecule has 0 unspecified atom stereocenters. The molecule has 0 fully saturated rings. The van der Waals surface area contributed by atoms with Crippen LogP contribution in [0.4, 0.5) is 0 Å². The van der Waals surface area contributed by atoms with Gasteiger partial charge in [-0.2, -0.15) is 0 Å². The zero-order valence-corrected chi connectivity index (χ0v) is 8.94. The standard InChI is InChI=1S/C6H14NO8P/c7-3(1-8)5(10)6(11)4(9)2-15-16(12,13)14/h1,4-6,8-11H,2,7H2,(H2,12,13,14)/b3-1-/t4-,5-,6-/m1/s1. The molecule has 10 heteroatoms. The van der Waals surface area contributed by atoms with Gasteiger partial charge >= 0.3 is 7.82 Å². The molecule has 0 aromatic rings. The summed E-state index contributed by atoms with van der Waals surface area (Å²) in [7, 11) is -4.77. The number of aliphatic hydroxyl groups excluding tert-OH is 4. The highest BCUT2D eigenvalue weighted by Gasteiger charge is 2.28. The first-order valence-corrected chi connectivity index (χ1v) is 5.56. The third-order valence-electron chi connectivity index (χ3n) is 1.62. The number of phosphoric acid groups is 1. The number of aliphatic hydroxyl groups is 4. The number of phosphoric ester groups is 1. The molecule has 0 amide bonds. The van der Waals surface area contributed by atoms with Crippen molar-refractivity contribution < 1.29 is 39.3 Å². The van der Waals surface area contributed by atoms with Crippen LogP contribution in [0.2, 0.25) is 0 Å². The van der Waals surface area contributed by atoms with Gasteiger partial charge in [-0.15, -0.1) is 0 Å². The summed E-state index contributed by atoms with van der Waals surface area (Å²) < 4.78 is 14.2. The molecule has 0 aliphatic heterocycles. The van der Waals surface area contributed by atoms with Gasteiger partial charge < -0.3 is 35.9 Å². The predicted molar refractivity (Wildman–Crippen MR) is 50.9 cm³/mol. The van der Waals surface area contributed by atoms with Gasteiger partial charge in [0.15, 0.2) is 0 Å². The molecule has 0 radical (unpaired) electrons. The molecular formula is C6H14NO8P. The molecule has 0 rings (SSSR count). The van der Waals surface area contributed by atoms with Gasteiger partial charge in [0, 0.05) is 0 Å². The van der Waals surface area contributed by atoms with E-state index in [0.717, 1.165) is 0 Å². The average molecular weight is 259 g/mol. The molecule has 0 heterocycles. The van der Waals surface area contributed by atoms with E-state index in [1.165, 1.54) is 0 Å². The van der Waals surface area contributed by atoms with E-state index in [9.17, 15) is 14.8 Å². The van der Waals surface area contributed by atoms with Gasteiger partial charge in [-0.3, -0.25) is 4.52 Å². The topological polar surface area (TPSA) is 174 Å². The molecule has 0 saturated carbocycles. The van der Waals surface area contributed by atoms with Crippen LogP contribution in [0.3, 0.4) is 0 Å². The summed E-state index contributed by atoms with van der Waals surface area (Å²) in [4.78, 5) is 16.6. The van der Waals surface area contributed by atoms with Crippen LogP contribution in [-0.2, 0) is 9.09 Å². The van der Waals surface area contributed by atoms with Gasteiger partial charge in [0.1, 0.15) is 24.6 Å². The summed E-state index contributed by atoms with van der Waals surface area (Å²) in [6.07, 6.45) is -5.08. The number of hydrogen-bond acceptors (Lipinski definition) is 7. The van der Waals surface area contributed by atoms with Crippen molar-refractivity contribution in [2.45, 2.75) is 18.3 Å². The molecule has 0 aromatic heterocycles. The molecule has 9 nitrogen and oxygen atoms in total. The molecule has 0 spiro atoms. The lowest BCUT2D eigenvalue weighted by atomic mass is 10.1. The Bertz CT molecular complexity index is 288. The second-order valence-corrected chi connectivity index (χ2v) is 4.16. The number of nitrogens with two attached hydrogens (primary N) is 1. The molecule has 0 saturated heterocycles. The lowest BCUT2D eigenvalue weighted by molar-refractivity contribution is -0.0643. The highest BCUT2D eigenvalue weighted by molar-refractivity contribution is 7.46. The molecule has 16 heavy (non-hydrogen) atoms. The Balaban J connectivity index is 4.28. The van der Waals surface area contributed by atoms with Crippen LogP contribution < -0.4 is 5.73 Å². The minimum atomic E-state index is -4.77. The normalized spacial score (nSPS) is 19.2. The van der Waals surface area contributed by atoms with Crippen molar-refractivity contribution in [2.24, 2.45) is 5.73 Å². The van der Waals surface area contributed by atoms with E-state index in [1.807, 2.05) is 0 Å². The van der Waals surface area contributed by atoms with Gasteiger partial charge in [0.2, 0.25) is 0 Å². The van der Waals surface area contributed by atoms with Gasteiger partial charge in [-0.25, -0.2) is 4.57 Å². The summed E-state index contributed by atoms with van der Waals surface area (Å²) in [5.74, 6) is 0. The van der Waals surface area contributed by atoms with E-state index in [1.54, 1.807) is 0 Å². The minimum absolute atomic E-state index is 0.324. The Labute approximate surface area is 90.6 Å². The summed E-state index contributed by atoms with van der Waals surface area (Å²) >= 11 is 0. The zero-order chi connectivity index (χ0) is 12.9. The van der Waals surface area contributed by atoms with E-state index in [2.05, 4.69) is 4.52 Å². The Morgan fingerprint density at radius 1 is 1.38 bits per heavy atom. The molecule has 96 valence electrons. The van der Waals surface area contributed by atoms with Crippen LogP contribution in [0.5, 0.6) is 0 Å². The maximum absolute atomic E-state index is 10.3. The molecule has 0 aliphatic rings. The van der Waals surface area contributed by atoms with Crippen molar-refractivity contribution in [3.63, 3.8) is 0 Å². The third-order valence-corrected chi connectivity index (χ3v) is 2.11. The van der Waals surface area contributed by atoms with Crippen molar-refractivity contribution >= 4 is 7.82 Å². The number of rotatable bonds is 6. The van der Waals surface area contributed by atoms with E-state index in [-0.39, 0.29) is 0 Å². The monoisotopic (exact) mass is 259 g/mol. The molecule has 8 N–H and O–H groups in total. The van der Waals surface area contributed by atoms with Crippen LogP contribution in [0.15, 0.2) is 12.0 Å². The van der Waals surface area contributed by atoms with Crippen LogP contribution in [0, 0.1) is 0 Å². The number of hydrogen-bond donors (Lipinski definition) is 7. The maximum atomic E-state index is 10.3. The smallest absolute Gasteiger partial charge is 0.469 e. The van der Waals surface area contributed by atoms with Crippen molar-refractivity contribution in [1.29, 1.82) is 0 Å². The van der Waals surface area contributed by atoms with Crippen molar-refractivity contribution in [3.8, 4) is 0 Å². The fourth-order valence-electron chi connectivity index (χ4n) is 0.756. The van der Waals surface area contributed by atoms with Crippen molar-refractivity contribution in [3.05, 3.63) is 12.0 Å². The average Bonchev–Trinajstić information content (AvgIpc) is 2.21. The van der Waals surface area contributed by atoms with E-state index < -0.39 is 38.4 Å². The Kier molecular flexibility index (Phi) is 5.90. The van der Waals surface area contributed by atoms with Gasteiger partial charge in [0.25, 0.3) is 0 Å². The van der Waals surface area contributed by atoms with Gasteiger partial charge in [-0.05, 0) is 0 Å². The van der Waals surface area contributed by atoms with Crippen LogP contribution in [0.25, 0.3) is 0 Å². The second kappa shape index (κ2) is 6.16. The maximum Gasteiger partial charge on any atom is 0.469 e. The fourth-order valence-corrected chi connectivity index (χ4v) is 1.10. The SMILES string of the molecule is N/C(=C\O)[C@@H](O)[C@H](O)[C@H](O)COP(=O)(O)O. The first-order chi connectivity index (χ1) is 7.19. The van der Waals surface area contributed by atoms with Crippen molar-refractivity contribution in [1.82, 2.24) is 0 Å². The first-order valence-electron chi connectivity index (χ1n) is 4.03. The van der Waals surface area contributed by atoms with Crippen LogP contribution in [0.1, 0.15) is 0 Å². The largest absolute Gasteiger partial charge is 0.514 e. The molecule has 0 aliphatic carbocycles. The fraction of sp³-hybridized carbons (Fsp3) is 0.667. The second-order valence-electron chi connectivity index (χ2n) is 2.92. The molecule has 0 bridgehead atoms. The first kappa shape index (κ1) is 15.3. The zero-order valence-electron chi connectivity index (χ0n) is 8.04. The van der Waals surface area contributed by atoms with Crippen molar-refractivity contribution in [2.75, 3.05) is 6.61 Å².